The van der Waals surface area contributed by atoms with Gasteiger partial charge in [-0.2, -0.15) is 0 Å². The lowest BCUT2D eigenvalue weighted by atomic mass is 9.98. The molecule has 7 heteroatoms. The molecule has 0 fully saturated rings. The lowest BCUT2D eigenvalue weighted by Crippen LogP contribution is -2.52. The number of nitrogens with one attached hydrogen (secondary N) is 2. The highest BCUT2D eigenvalue weighted by atomic mass is 16.5. The number of ether oxygens (including phenoxy) is 1. The van der Waals surface area contributed by atoms with Crippen molar-refractivity contribution in [2.24, 2.45) is 5.92 Å². The van der Waals surface area contributed by atoms with Crippen LogP contribution in [0.5, 0.6) is 0 Å². The number of rotatable bonds is 10. The molecule has 3 rings (SSSR count). The highest BCUT2D eigenvalue weighted by Gasteiger charge is 2.30. The summed E-state index contributed by atoms with van der Waals surface area (Å²) in [5, 5.41) is 14.6. The van der Waals surface area contributed by atoms with Gasteiger partial charge in [-0.05, 0) is 41.5 Å². The summed E-state index contributed by atoms with van der Waals surface area (Å²) in [6.07, 6.45) is 0.387. The third kappa shape index (κ3) is 6.42. The van der Waals surface area contributed by atoms with E-state index in [0.717, 1.165) is 28.7 Å². The molecule has 0 saturated carbocycles. The predicted octanol–water partition coefficient (Wildman–Crippen LogP) is 4.31. The van der Waals surface area contributed by atoms with Gasteiger partial charge in [0.15, 0.2) is 0 Å². The summed E-state index contributed by atoms with van der Waals surface area (Å²) >= 11 is 0. The Kier molecular flexibility index (Phi) is 8.91. The zero-order valence-corrected chi connectivity index (χ0v) is 20.3. The number of amides is 2. The Labute approximate surface area is 206 Å². The number of fused-ring (bicyclic) bond motifs is 3. The van der Waals surface area contributed by atoms with Gasteiger partial charge >= 0.3 is 12.1 Å². The van der Waals surface area contributed by atoms with Crippen molar-refractivity contribution in [3.05, 3.63) is 59.7 Å². The lowest BCUT2D eigenvalue weighted by molar-refractivity contribution is -0.142. The van der Waals surface area contributed by atoms with Gasteiger partial charge in [-0.25, -0.2) is 9.59 Å². The van der Waals surface area contributed by atoms with Crippen molar-refractivity contribution < 1.29 is 24.2 Å². The van der Waals surface area contributed by atoms with E-state index in [9.17, 15) is 19.5 Å². The van der Waals surface area contributed by atoms with Crippen LogP contribution in [0.1, 0.15) is 57.1 Å². The van der Waals surface area contributed by atoms with Gasteiger partial charge in [-0.1, -0.05) is 68.8 Å². The summed E-state index contributed by atoms with van der Waals surface area (Å²) in [5.41, 5.74) is 4.41. The number of benzene rings is 2. The molecule has 2 aromatic rings. The average molecular weight is 477 g/mol. The van der Waals surface area contributed by atoms with Crippen LogP contribution in [0.4, 0.5) is 4.79 Å². The van der Waals surface area contributed by atoms with Crippen LogP contribution in [0.15, 0.2) is 48.5 Å². The van der Waals surface area contributed by atoms with Gasteiger partial charge in [0.2, 0.25) is 5.91 Å². The van der Waals surface area contributed by atoms with Crippen molar-refractivity contribution in [2.75, 3.05) is 6.61 Å². The molecule has 3 N–H and O–H groups in total. The van der Waals surface area contributed by atoms with Gasteiger partial charge in [0.05, 0.1) is 0 Å². The Morgan fingerprint density at radius 2 is 1.60 bits per heavy atom. The Hall–Kier alpha value is -3.79. The lowest BCUT2D eigenvalue weighted by Gasteiger charge is -2.22. The Morgan fingerprint density at radius 3 is 2.14 bits per heavy atom. The number of carboxylic acids is 1. The fraction of sp³-hybridized carbons (Fsp3) is 0.393. The van der Waals surface area contributed by atoms with Crippen LogP contribution in [0, 0.1) is 17.8 Å². The molecule has 3 atom stereocenters. The molecule has 0 aromatic heterocycles. The van der Waals surface area contributed by atoms with E-state index in [-0.39, 0.29) is 24.9 Å². The van der Waals surface area contributed by atoms with Crippen LogP contribution >= 0.6 is 0 Å². The monoisotopic (exact) mass is 476 g/mol. The van der Waals surface area contributed by atoms with Crippen LogP contribution in [-0.4, -0.2) is 41.8 Å². The normalized spacial score (nSPS) is 14.4. The molecule has 0 radical (unpaired) electrons. The molecule has 0 aliphatic heterocycles. The molecule has 0 heterocycles. The predicted molar refractivity (Wildman–Crippen MR) is 134 cm³/mol. The number of alkyl carbamates (subject to hydrolysis) is 1. The van der Waals surface area contributed by atoms with Crippen molar-refractivity contribution in [1.82, 2.24) is 10.6 Å². The largest absolute Gasteiger partial charge is 0.480 e. The van der Waals surface area contributed by atoms with Crippen LogP contribution in [0.2, 0.25) is 0 Å². The van der Waals surface area contributed by atoms with E-state index in [0.29, 0.717) is 6.42 Å². The highest BCUT2D eigenvalue weighted by Crippen LogP contribution is 2.44. The van der Waals surface area contributed by atoms with E-state index < -0.39 is 30.1 Å². The first-order valence-corrected chi connectivity index (χ1v) is 11.9. The zero-order valence-electron chi connectivity index (χ0n) is 20.3. The topological polar surface area (TPSA) is 105 Å². The number of hydrogen-bond donors (Lipinski definition) is 3. The molecule has 2 aromatic carbocycles. The minimum absolute atomic E-state index is 0.0438. The van der Waals surface area contributed by atoms with Crippen LogP contribution in [-0.2, 0) is 14.3 Å². The number of carboxylic acid groups (broad SMARTS) is 1. The molecule has 7 nitrogen and oxygen atoms in total. The molecule has 2 amide bonds. The van der Waals surface area contributed by atoms with Crippen molar-refractivity contribution in [2.45, 2.75) is 58.0 Å². The van der Waals surface area contributed by atoms with Crippen molar-refractivity contribution in [1.29, 1.82) is 0 Å². The fourth-order valence-electron chi connectivity index (χ4n) is 4.26. The van der Waals surface area contributed by atoms with E-state index in [1.807, 2.05) is 50.2 Å². The number of carbonyl (C=O) groups excluding carboxylic acids is 2. The molecule has 0 bridgehead atoms. The smallest absolute Gasteiger partial charge is 0.407 e. The second-order valence-corrected chi connectivity index (χ2v) is 8.80. The van der Waals surface area contributed by atoms with Crippen molar-refractivity contribution in [3.63, 3.8) is 0 Å². The second kappa shape index (κ2) is 12.1. The van der Waals surface area contributed by atoms with Gasteiger partial charge in [0.25, 0.3) is 0 Å². The molecule has 184 valence electrons. The van der Waals surface area contributed by atoms with Crippen LogP contribution in [0.3, 0.4) is 0 Å². The van der Waals surface area contributed by atoms with E-state index in [2.05, 4.69) is 34.6 Å². The first kappa shape index (κ1) is 25.8. The van der Waals surface area contributed by atoms with E-state index >= 15 is 0 Å². The first-order valence-electron chi connectivity index (χ1n) is 11.9. The maximum atomic E-state index is 12.8. The Bertz CT molecular complexity index is 1090. The van der Waals surface area contributed by atoms with Gasteiger partial charge in [-0.3, -0.25) is 4.79 Å². The SMILES string of the molecule is CC#CCC(NC(=O)OCC1c2ccccc2-c2ccccc21)C(=O)NC(CC(C)CC)C(=O)O. The van der Waals surface area contributed by atoms with Crippen molar-refractivity contribution in [3.8, 4) is 23.0 Å². The van der Waals surface area contributed by atoms with Gasteiger partial charge in [-0.15, -0.1) is 11.8 Å². The molecular weight excluding hydrogens is 444 g/mol. The zero-order chi connectivity index (χ0) is 25.4. The van der Waals surface area contributed by atoms with E-state index in [1.165, 1.54) is 0 Å². The summed E-state index contributed by atoms with van der Waals surface area (Å²) in [7, 11) is 0. The maximum absolute atomic E-state index is 12.8. The number of aliphatic carboxylic acids is 1. The molecule has 0 spiro atoms. The standard InChI is InChI=1S/C28H32N2O5/c1-4-6-15-24(26(31)29-25(27(32)33)16-18(3)5-2)30-28(34)35-17-23-21-13-9-7-11-19(21)20-12-8-10-14-22(20)23/h7-14,18,23-25H,5,15-17H2,1-3H3,(H,29,31)(H,30,34)(H,32,33). The van der Waals surface area contributed by atoms with Crippen LogP contribution in [0.25, 0.3) is 11.1 Å². The van der Waals surface area contributed by atoms with Crippen LogP contribution < -0.4 is 10.6 Å². The second-order valence-electron chi connectivity index (χ2n) is 8.80. The molecule has 1 aliphatic rings. The minimum atomic E-state index is -1.11. The quantitative estimate of drug-likeness (QED) is 0.443. The first-order chi connectivity index (χ1) is 16.8. The van der Waals surface area contributed by atoms with E-state index in [1.54, 1.807) is 6.92 Å². The van der Waals surface area contributed by atoms with Gasteiger partial charge < -0.3 is 20.5 Å². The molecule has 0 saturated heterocycles. The fourth-order valence-corrected chi connectivity index (χ4v) is 4.26. The third-order valence-corrected chi connectivity index (χ3v) is 6.38. The van der Waals surface area contributed by atoms with Crippen molar-refractivity contribution >= 4 is 18.0 Å². The summed E-state index contributed by atoms with van der Waals surface area (Å²) in [5.74, 6) is 3.79. The van der Waals surface area contributed by atoms with E-state index in [4.69, 9.17) is 4.74 Å². The third-order valence-electron chi connectivity index (χ3n) is 6.38. The average Bonchev–Trinajstić information content (AvgIpc) is 3.18. The highest BCUT2D eigenvalue weighted by molar-refractivity contribution is 5.89. The minimum Gasteiger partial charge on any atom is -0.480 e. The molecule has 35 heavy (non-hydrogen) atoms. The summed E-state index contributed by atoms with van der Waals surface area (Å²) in [4.78, 5) is 37.2. The Morgan fingerprint density at radius 1 is 1.00 bits per heavy atom. The molecule has 3 unspecified atom stereocenters. The van der Waals surface area contributed by atoms with Gasteiger partial charge in [0.1, 0.15) is 18.7 Å². The molecule has 1 aliphatic carbocycles. The number of hydrogen-bond acceptors (Lipinski definition) is 4. The number of carbonyl (C=O) groups is 3. The summed E-state index contributed by atoms with van der Waals surface area (Å²) in [6.45, 7) is 5.63. The summed E-state index contributed by atoms with van der Waals surface area (Å²) in [6, 6.07) is 14.0. The Balaban J connectivity index is 1.66. The van der Waals surface area contributed by atoms with Gasteiger partial charge in [0, 0.05) is 12.3 Å². The maximum Gasteiger partial charge on any atom is 0.407 e. The summed E-state index contributed by atoms with van der Waals surface area (Å²) < 4.78 is 5.54. The molecular formula is C28H32N2O5.